The number of rotatable bonds is 2. The van der Waals surface area contributed by atoms with Gasteiger partial charge in [0.2, 0.25) is 0 Å². The quantitative estimate of drug-likeness (QED) is 0.404. The van der Waals surface area contributed by atoms with Crippen LogP contribution in [0.4, 0.5) is 0 Å². The Morgan fingerprint density at radius 2 is 1.12 bits per heavy atom. The number of hydrogen-bond acceptors (Lipinski definition) is 5. The predicted octanol–water partition coefficient (Wildman–Crippen LogP) is 5.37. The van der Waals surface area contributed by atoms with Gasteiger partial charge in [0, 0.05) is 19.5 Å². The highest BCUT2D eigenvalue weighted by molar-refractivity contribution is 7.12. The normalized spacial score (nSPS) is 18.6. The summed E-state index contributed by atoms with van der Waals surface area (Å²) in [5, 5.41) is 0. The second-order valence-corrected chi connectivity index (χ2v) is 9.25. The number of cyclic esters (lactones) is 2. The van der Waals surface area contributed by atoms with Crippen molar-refractivity contribution >= 4 is 45.8 Å². The lowest BCUT2D eigenvalue weighted by molar-refractivity contribution is -0.149. The van der Waals surface area contributed by atoms with Crippen molar-refractivity contribution in [3.05, 3.63) is 53.9 Å². The van der Waals surface area contributed by atoms with Crippen molar-refractivity contribution in [2.45, 2.75) is 41.5 Å². The zero-order valence-corrected chi connectivity index (χ0v) is 16.8. The second-order valence-electron chi connectivity index (χ2n) is 6.33. The molecule has 5 heteroatoms. The van der Waals surface area contributed by atoms with Crippen LogP contribution in [0.15, 0.2) is 23.3 Å². The molecule has 0 spiro atoms. The van der Waals surface area contributed by atoms with E-state index >= 15 is 0 Å². The van der Waals surface area contributed by atoms with Crippen LogP contribution in [0, 0.1) is 27.7 Å². The van der Waals surface area contributed by atoms with Gasteiger partial charge in [-0.15, -0.1) is 22.7 Å². The number of carbonyl (C=O) groups is 2. The standard InChI is InChI=1S/C20H20O3S2/c1-9-7-15(13(5)24-9)11(3)17-18(20(22)23-19(17)21)12(4)16-8-10(2)25-14(16)6/h7-8H,1-6H3/b17-11-,18-12-. The van der Waals surface area contributed by atoms with Crippen LogP contribution in [0.2, 0.25) is 0 Å². The van der Waals surface area contributed by atoms with Gasteiger partial charge in [-0.2, -0.15) is 0 Å². The summed E-state index contributed by atoms with van der Waals surface area (Å²) < 4.78 is 4.98. The highest BCUT2D eigenvalue weighted by Crippen LogP contribution is 2.39. The molecule has 0 amide bonds. The monoisotopic (exact) mass is 372 g/mol. The average Bonchev–Trinajstić information content (AvgIpc) is 3.13. The predicted molar refractivity (Wildman–Crippen MR) is 104 cm³/mol. The topological polar surface area (TPSA) is 43.4 Å². The van der Waals surface area contributed by atoms with E-state index in [1.54, 1.807) is 22.7 Å². The molecule has 1 fully saturated rings. The molecule has 3 heterocycles. The van der Waals surface area contributed by atoms with Crippen LogP contribution in [0.5, 0.6) is 0 Å². The van der Waals surface area contributed by atoms with E-state index in [1.807, 2.05) is 41.5 Å². The van der Waals surface area contributed by atoms with Gasteiger partial charge in [0.15, 0.2) is 0 Å². The van der Waals surface area contributed by atoms with Crippen molar-refractivity contribution in [1.82, 2.24) is 0 Å². The van der Waals surface area contributed by atoms with Gasteiger partial charge in [0.05, 0.1) is 11.1 Å². The minimum Gasteiger partial charge on any atom is -0.386 e. The molecule has 2 aromatic rings. The first kappa shape index (κ1) is 17.8. The first-order valence-corrected chi connectivity index (χ1v) is 9.67. The summed E-state index contributed by atoms with van der Waals surface area (Å²) in [6.45, 7) is 11.9. The lowest BCUT2D eigenvalue weighted by Gasteiger charge is -2.08. The van der Waals surface area contributed by atoms with E-state index in [1.165, 1.54) is 9.75 Å². The summed E-state index contributed by atoms with van der Waals surface area (Å²) in [5.41, 5.74) is 4.41. The Morgan fingerprint density at radius 3 is 1.40 bits per heavy atom. The number of esters is 2. The molecule has 0 unspecified atom stereocenters. The molecule has 1 aliphatic heterocycles. The smallest absolute Gasteiger partial charge is 0.347 e. The molecule has 0 radical (unpaired) electrons. The van der Waals surface area contributed by atoms with Gasteiger partial charge in [-0.25, -0.2) is 9.59 Å². The van der Waals surface area contributed by atoms with Gasteiger partial charge in [0.1, 0.15) is 0 Å². The molecule has 1 aliphatic rings. The minimum atomic E-state index is -0.551. The third kappa shape index (κ3) is 3.02. The molecule has 0 saturated carbocycles. The lowest BCUT2D eigenvalue weighted by Crippen LogP contribution is -2.00. The van der Waals surface area contributed by atoms with Crippen LogP contribution in [0.3, 0.4) is 0 Å². The maximum absolute atomic E-state index is 12.4. The maximum Gasteiger partial charge on any atom is 0.347 e. The summed E-state index contributed by atoms with van der Waals surface area (Å²) >= 11 is 3.37. The van der Waals surface area contributed by atoms with Crippen LogP contribution in [-0.4, -0.2) is 11.9 Å². The molecule has 0 N–H and O–H groups in total. The SMILES string of the molecule is C/C(=C1/C(=O)OC(=O)/C1=C(/C)c1cc(C)sc1C)c1cc(C)sc1C. The number of carbonyl (C=O) groups excluding carboxylic acids is 2. The van der Waals surface area contributed by atoms with Crippen LogP contribution in [0.1, 0.15) is 44.5 Å². The van der Waals surface area contributed by atoms with Crippen molar-refractivity contribution in [3.8, 4) is 0 Å². The van der Waals surface area contributed by atoms with Gasteiger partial charge < -0.3 is 4.74 Å². The number of ether oxygens (including phenoxy) is 1. The third-order valence-corrected chi connectivity index (χ3v) is 6.42. The largest absolute Gasteiger partial charge is 0.386 e. The Labute approximate surface area is 155 Å². The molecule has 0 atom stereocenters. The zero-order valence-electron chi connectivity index (χ0n) is 15.2. The molecule has 0 aliphatic carbocycles. The summed E-state index contributed by atoms with van der Waals surface area (Å²) in [6, 6.07) is 4.12. The Morgan fingerprint density at radius 1 is 0.760 bits per heavy atom. The summed E-state index contributed by atoms with van der Waals surface area (Å²) in [6.07, 6.45) is 0. The average molecular weight is 373 g/mol. The molecule has 0 bridgehead atoms. The Balaban J connectivity index is 2.27. The Hall–Kier alpha value is -1.98. The molecular formula is C20H20O3S2. The van der Waals surface area contributed by atoms with Crippen molar-refractivity contribution in [2.24, 2.45) is 0 Å². The van der Waals surface area contributed by atoms with Crippen LogP contribution < -0.4 is 0 Å². The van der Waals surface area contributed by atoms with Crippen LogP contribution in [0.25, 0.3) is 11.1 Å². The summed E-state index contributed by atoms with van der Waals surface area (Å²) in [7, 11) is 0. The fourth-order valence-corrected chi connectivity index (χ4v) is 5.31. The Bertz CT molecular complexity index is 889. The first-order valence-electron chi connectivity index (χ1n) is 8.04. The summed E-state index contributed by atoms with van der Waals surface area (Å²) in [4.78, 5) is 29.5. The highest BCUT2D eigenvalue weighted by Gasteiger charge is 2.37. The molecule has 3 rings (SSSR count). The van der Waals surface area contributed by atoms with Crippen molar-refractivity contribution in [3.63, 3.8) is 0 Å². The van der Waals surface area contributed by atoms with E-state index in [0.717, 1.165) is 32.0 Å². The van der Waals surface area contributed by atoms with Crippen molar-refractivity contribution in [2.75, 3.05) is 0 Å². The van der Waals surface area contributed by atoms with E-state index in [0.29, 0.717) is 11.1 Å². The molecule has 25 heavy (non-hydrogen) atoms. The van der Waals surface area contributed by atoms with Gasteiger partial charge in [0.25, 0.3) is 0 Å². The molecule has 1 saturated heterocycles. The molecule has 3 nitrogen and oxygen atoms in total. The number of aryl methyl sites for hydroxylation is 4. The highest BCUT2D eigenvalue weighted by atomic mass is 32.1. The van der Waals surface area contributed by atoms with Gasteiger partial charge in [-0.1, -0.05) is 0 Å². The third-order valence-electron chi connectivity index (χ3n) is 4.48. The van der Waals surface area contributed by atoms with E-state index in [9.17, 15) is 9.59 Å². The fraction of sp³-hybridized carbons (Fsp3) is 0.300. The maximum atomic E-state index is 12.4. The second kappa shape index (κ2) is 6.39. The van der Waals surface area contributed by atoms with Crippen LogP contribution >= 0.6 is 22.7 Å². The lowest BCUT2D eigenvalue weighted by atomic mass is 9.92. The molecule has 0 aromatic carbocycles. The Kier molecular flexibility index (Phi) is 4.56. The van der Waals surface area contributed by atoms with Gasteiger partial charge in [-0.05, 0) is 75.9 Å². The molecule has 2 aromatic heterocycles. The fourth-order valence-electron chi connectivity index (χ4n) is 3.35. The number of allylic oxidation sites excluding steroid dienone is 2. The van der Waals surface area contributed by atoms with E-state index < -0.39 is 11.9 Å². The number of hydrogen-bond donors (Lipinski definition) is 0. The van der Waals surface area contributed by atoms with E-state index in [4.69, 9.17) is 4.74 Å². The molecule has 130 valence electrons. The van der Waals surface area contributed by atoms with Crippen molar-refractivity contribution in [1.29, 1.82) is 0 Å². The van der Waals surface area contributed by atoms with Crippen molar-refractivity contribution < 1.29 is 14.3 Å². The van der Waals surface area contributed by atoms with E-state index in [-0.39, 0.29) is 0 Å². The van der Waals surface area contributed by atoms with Gasteiger partial charge in [-0.3, -0.25) is 0 Å². The minimum absolute atomic E-state index is 0.395. The summed E-state index contributed by atoms with van der Waals surface area (Å²) in [5.74, 6) is -1.10. The molecular weight excluding hydrogens is 352 g/mol. The zero-order chi connectivity index (χ0) is 18.5. The first-order chi connectivity index (χ1) is 11.7. The van der Waals surface area contributed by atoms with Gasteiger partial charge >= 0.3 is 11.9 Å². The van der Waals surface area contributed by atoms with E-state index in [2.05, 4.69) is 12.1 Å². The van der Waals surface area contributed by atoms with Crippen LogP contribution in [-0.2, 0) is 14.3 Å². The number of thiophene rings is 2.